The molecule has 1 aliphatic rings. The number of carbonyl (C=O) groups excluding carboxylic acids is 2. The molecule has 1 aliphatic heterocycles. The number of benzene rings is 2. The van der Waals surface area contributed by atoms with E-state index in [1.807, 2.05) is 35.4 Å². The van der Waals surface area contributed by atoms with Gasteiger partial charge in [0, 0.05) is 43.2 Å². The van der Waals surface area contributed by atoms with Gasteiger partial charge in [0.25, 0.3) is 5.91 Å². The minimum atomic E-state index is -0.675. The Morgan fingerprint density at radius 1 is 1.06 bits per heavy atom. The molecule has 1 atom stereocenters. The van der Waals surface area contributed by atoms with E-state index in [4.69, 9.17) is 11.6 Å². The molecule has 4 rings (SSSR count). The van der Waals surface area contributed by atoms with Crippen molar-refractivity contribution in [1.82, 2.24) is 20.1 Å². The summed E-state index contributed by atoms with van der Waals surface area (Å²) >= 11 is 6.22. The van der Waals surface area contributed by atoms with E-state index in [9.17, 15) is 9.59 Å². The van der Waals surface area contributed by atoms with E-state index in [0.29, 0.717) is 30.1 Å². The number of hydrogen-bond donors (Lipinski definition) is 2. The van der Waals surface area contributed by atoms with Crippen LogP contribution in [0.1, 0.15) is 22.3 Å². The molecule has 1 fully saturated rings. The molecule has 1 aromatic heterocycles. The molecule has 2 aromatic carbocycles. The van der Waals surface area contributed by atoms with E-state index in [-0.39, 0.29) is 11.8 Å². The minimum absolute atomic E-state index is 0.0546. The summed E-state index contributed by atoms with van der Waals surface area (Å²) < 4.78 is 0. The standard InChI is InChI=1S/C24H27ClN4O2/c1-28-11-6-12-29(14-13-28)24(31)22(27-23(30)19-8-2-4-9-20(19)25)15-17-16-26-21-10-5-3-7-18(17)21/h2-5,7-10,16,22,26H,6,11-15H2,1H3,(H,27,30). The fourth-order valence-electron chi connectivity index (χ4n) is 4.09. The third-order valence-electron chi connectivity index (χ3n) is 5.85. The van der Waals surface area contributed by atoms with Crippen LogP contribution in [-0.4, -0.2) is 65.9 Å². The molecule has 3 aromatic rings. The van der Waals surface area contributed by atoms with Crippen LogP contribution in [-0.2, 0) is 11.2 Å². The lowest BCUT2D eigenvalue weighted by Crippen LogP contribution is -2.50. The topological polar surface area (TPSA) is 68.4 Å². The van der Waals surface area contributed by atoms with E-state index in [0.717, 1.165) is 36.0 Å². The van der Waals surface area contributed by atoms with Gasteiger partial charge < -0.3 is 20.1 Å². The first-order valence-electron chi connectivity index (χ1n) is 10.6. The highest BCUT2D eigenvalue weighted by Crippen LogP contribution is 2.21. The van der Waals surface area contributed by atoms with E-state index < -0.39 is 6.04 Å². The van der Waals surface area contributed by atoms with Gasteiger partial charge in [0.05, 0.1) is 10.6 Å². The van der Waals surface area contributed by atoms with E-state index in [1.54, 1.807) is 24.3 Å². The Bertz CT molecular complexity index is 1080. The zero-order valence-corrected chi connectivity index (χ0v) is 18.4. The van der Waals surface area contributed by atoms with Crippen molar-refractivity contribution in [3.8, 4) is 0 Å². The third-order valence-corrected chi connectivity index (χ3v) is 6.18. The van der Waals surface area contributed by atoms with Crippen molar-refractivity contribution in [2.45, 2.75) is 18.9 Å². The molecule has 31 heavy (non-hydrogen) atoms. The Balaban J connectivity index is 1.60. The number of H-pyrrole nitrogens is 1. The summed E-state index contributed by atoms with van der Waals surface area (Å²) in [5.74, 6) is -0.392. The summed E-state index contributed by atoms with van der Waals surface area (Å²) in [6.45, 7) is 3.13. The summed E-state index contributed by atoms with van der Waals surface area (Å²) in [4.78, 5) is 33.9. The highest BCUT2D eigenvalue weighted by molar-refractivity contribution is 6.33. The number of halogens is 1. The molecule has 7 heteroatoms. The van der Waals surface area contributed by atoms with Gasteiger partial charge in [-0.1, -0.05) is 41.9 Å². The van der Waals surface area contributed by atoms with Crippen LogP contribution in [0.4, 0.5) is 0 Å². The van der Waals surface area contributed by atoms with Crippen molar-refractivity contribution < 1.29 is 9.59 Å². The second kappa shape index (κ2) is 9.54. The number of nitrogens with zero attached hydrogens (tertiary/aromatic N) is 2. The number of aromatic nitrogens is 1. The van der Waals surface area contributed by atoms with Gasteiger partial charge in [-0.05, 0) is 43.8 Å². The van der Waals surface area contributed by atoms with Crippen LogP contribution >= 0.6 is 11.6 Å². The molecule has 1 saturated heterocycles. The first kappa shape index (κ1) is 21.4. The SMILES string of the molecule is CN1CCCN(C(=O)C(Cc2c[nH]c3ccccc23)NC(=O)c2ccccc2Cl)CC1. The average Bonchev–Trinajstić information content (AvgIpc) is 3.05. The van der Waals surface area contributed by atoms with E-state index >= 15 is 0 Å². The predicted molar refractivity (Wildman–Crippen MR) is 123 cm³/mol. The minimum Gasteiger partial charge on any atom is -0.361 e. The van der Waals surface area contributed by atoms with Gasteiger partial charge in [-0.15, -0.1) is 0 Å². The molecule has 0 radical (unpaired) electrons. The number of carbonyl (C=O) groups is 2. The second-order valence-corrected chi connectivity index (χ2v) is 8.46. The quantitative estimate of drug-likeness (QED) is 0.642. The van der Waals surface area contributed by atoms with Crippen LogP contribution in [0.5, 0.6) is 0 Å². The third kappa shape index (κ3) is 4.92. The molecule has 6 nitrogen and oxygen atoms in total. The molecule has 162 valence electrons. The van der Waals surface area contributed by atoms with Crippen molar-refractivity contribution in [3.63, 3.8) is 0 Å². The number of hydrogen-bond acceptors (Lipinski definition) is 3. The van der Waals surface area contributed by atoms with E-state index in [1.165, 1.54) is 0 Å². The summed E-state index contributed by atoms with van der Waals surface area (Å²) in [5.41, 5.74) is 2.38. The van der Waals surface area contributed by atoms with Crippen LogP contribution < -0.4 is 5.32 Å². The molecule has 2 N–H and O–H groups in total. The molecule has 1 unspecified atom stereocenters. The van der Waals surface area contributed by atoms with Crippen molar-refractivity contribution >= 4 is 34.3 Å². The summed E-state index contributed by atoms with van der Waals surface area (Å²) in [5, 5.41) is 4.39. The Kier molecular flexibility index (Phi) is 6.59. The second-order valence-electron chi connectivity index (χ2n) is 8.05. The van der Waals surface area contributed by atoms with Crippen molar-refractivity contribution in [2.75, 3.05) is 33.2 Å². The first-order chi connectivity index (χ1) is 15.0. The van der Waals surface area contributed by atoms with Crippen LogP contribution in [0.3, 0.4) is 0 Å². The maximum absolute atomic E-state index is 13.5. The lowest BCUT2D eigenvalue weighted by atomic mass is 10.0. The number of likely N-dealkylation sites (N-methyl/N-ethyl adjacent to an activating group) is 1. The fraction of sp³-hybridized carbons (Fsp3) is 0.333. The van der Waals surface area contributed by atoms with Gasteiger partial charge in [-0.25, -0.2) is 0 Å². The van der Waals surface area contributed by atoms with E-state index in [2.05, 4.69) is 22.2 Å². The summed E-state index contributed by atoms with van der Waals surface area (Å²) in [6, 6.07) is 14.2. The number of para-hydroxylation sites is 1. The van der Waals surface area contributed by atoms with Crippen LogP contribution in [0.2, 0.25) is 5.02 Å². The van der Waals surface area contributed by atoms with Gasteiger partial charge in [0.1, 0.15) is 6.04 Å². The molecule has 0 bridgehead atoms. The fourth-order valence-corrected chi connectivity index (χ4v) is 4.31. The van der Waals surface area contributed by atoms with Gasteiger partial charge in [0.2, 0.25) is 5.91 Å². The molecular formula is C24H27ClN4O2. The smallest absolute Gasteiger partial charge is 0.253 e. The highest BCUT2D eigenvalue weighted by atomic mass is 35.5. The Morgan fingerprint density at radius 3 is 2.68 bits per heavy atom. The number of rotatable bonds is 5. The average molecular weight is 439 g/mol. The monoisotopic (exact) mass is 438 g/mol. The van der Waals surface area contributed by atoms with Crippen molar-refractivity contribution in [2.24, 2.45) is 0 Å². The Labute approximate surface area is 187 Å². The predicted octanol–water partition coefficient (Wildman–Crippen LogP) is 3.33. The van der Waals surface area contributed by atoms with Crippen LogP contribution in [0.15, 0.2) is 54.7 Å². The normalized spacial score (nSPS) is 16.1. The number of fused-ring (bicyclic) bond motifs is 1. The lowest BCUT2D eigenvalue weighted by Gasteiger charge is -2.27. The molecule has 2 heterocycles. The largest absolute Gasteiger partial charge is 0.361 e. The summed E-state index contributed by atoms with van der Waals surface area (Å²) in [7, 11) is 2.07. The maximum atomic E-state index is 13.5. The van der Waals surface area contributed by atoms with Crippen LogP contribution in [0.25, 0.3) is 10.9 Å². The number of nitrogens with one attached hydrogen (secondary N) is 2. The van der Waals surface area contributed by atoms with Gasteiger partial charge in [-0.2, -0.15) is 0 Å². The molecule has 0 spiro atoms. The van der Waals surface area contributed by atoms with Crippen LogP contribution in [0, 0.1) is 0 Å². The number of aromatic amines is 1. The zero-order valence-electron chi connectivity index (χ0n) is 17.6. The van der Waals surface area contributed by atoms with Crippen molar-refractivity contribution in [1.29, 1.82) is 0 Å². The van der Waals surface area contributed by atoms with Crippen molar-refractivity contribution in [3.05, 3.63) is 70.9 Å². The summed E-state index contributed by atoms with van der Waals surface area (Å²) in [6.07, 6.45) is 3.24. The molecular weight excluding hydrogens is 412 g/mol. The van der Waals surface area contributed by atoms with Gasteiger partial charge >= 0.3 is 0 Å². The highest BCUT2D eigenvalue weighted by Gasteiger charge is 2.29. The zero-order chi connectivity index (χ0) is 21.8. The Hall–Kier alpha value is -2.83. The molecule has 2 amide bonds. The number of amides is 2. The van der Waals surface area contributed by atoms with Gasteiger partial charge in [-0.3, -0.25) is 9.59 Å². The Morgan fingerprint density at radius 2 is 1.84 bits per heavy atom. The molecule has 0 saturated carbocycles. The molecule has 0 aliphatic carbocycles. The van der Waals surface area contributed by atoms with Gasteiger partial charge in [0.15, 0.2) is 0 Å². The maximum Gasteiger partial charge on any atom is 0.253 e. The first-order valence-corrected chi connectivity index (χ1v) is 11.0. The lowest BCUT2D eigenvalue weighted by molar-refractivity contribution is -0.133.